The molecule has 2 aromatic rings. The topological polar surface area (TPSA) is 86.8 Å². The minimum absolute atomic E-state index is 0.107. The number of piperazine rings is 1. The molecule has 12 heteroatoms. The number of aromatic nitrogens is 1. The third-order valence-corrected chi connectivity index (χ3v) is 5.98. The monoisotopic (exact) mass is 485 g/mol. The van der Waals surface area contributed by atoms with Crippen LogP contribution in [0.1, 0.15) is 12.8 Å². The van der Waals surface area contributed by atoms with Crippen molar-refractivity contribution in [3.05, 3.63) is 35.4 Å². The molecule has 1 aliphatic heterocycles. The molecule has 2 aliphatic rings. The maximum Gasteiger partial charge on any atom is 0.392 e. The highest BCUT2D eigenvalue weighted by Gasteiger charge is 2.48. The fourth-order valence-electron chi connectivity index (χ4n) is 3.75. The van der Waals surface area contributed by atoms with Crippen molar-refractivity contribution >= 4 is 40.3 Å². The summed E-state index contributed by atoms with van der Waals surface area (Å²) < 4.78 is 42.7. The van der Waals surface area contributed by atoms with Crippen molar-refractivity contribution in [2.45, 2.75) is 25.1 Å². The predicted octanol–water partition coefficient (Wildman–Crippen LogP) is 3.43. The molecule has 0 bridgehead atoms. The zero-order valence-corrected chi connectivity index (χ0v) is 18.3. The summed E-state index contributed by atoms with van der Waals surface area (Å²) in [6.07, 6.45) is -4.95. The standard InChI is InChI=1S/C21H23ClF3N5O3/c22-15-2-3-17-13(9-15)1-4-18(26-17)27-20(32)29-5-7-30(8-6-29)28-19(31)12-33-16-10-14(11-16)21(23,24)25/h1-4,9,14,16H,5-8,10-12H2,(H,28,31)(H,26,27,32). The van der Waals surface area contributed by atoms with Crippen molar-refractivity contribution in [2.24, 2.45) is 5.92 Å². The van der Waals surface area contributed by atoms with Gasteiger partial charge >= 0.3 is 12.2 Å². The van der Waals surface area contributed by atoms with E-state index in [4.69, 9.17) is 16.3 Å². The molecule has 8 nitrogen and oxygen atoms in total. The summed E-state index contributed by atoms with van der Waals surface area (Å²) in [4.78, 5) is 30.6. The number of nitrogens with one attached hydrogen (secondary N) is 2. The Kier molecular flexibility index (Phi) is 6.91. The molecular formula is C21H23ClF3N5O3. The smallest absolute Gasteiger partial charge is 0.368 e. The van der Waals surface area contributed by atoms with Gasteiger partial charge in [-0.3, -0.25) is 15.5 Å². The first kappa shape index (κ1) is 23.5. The quantitative estimate of drug-likeness (QED) is 0.677. The molecule has 1 aromatic heterocycles. The minimum atomic E-state index is -4.20. The number of alkyl halides is 3. The number of ether oxygens (including phenoxy) is 1. The number of urea groups is 1. The van der Waals surface area contributed by atoms with Gasteiger partial charge < -0.3 is 9.64 Å². The van der Waals surface area contributed by atoms with Crippen LogP contribution in [0.5, 0.6) is 0 Å². The fourth-order valence-corrected chi connectivity index (χ4v) is 3.93. The van der Waals surface area contributed by atoms with Crippen molar-refractivity contribution in [3.8, 4) is 0 Å². The number of halogens is 4. The normalized spacial score (nSPS) is 21.5. The molecule has 0 unspecified atom stereocenters. The molecule has 0 atom stereocenters. The number of pyridine rings is 1. The summed E-state index contributed by atoms with van der Waals surface area (Å²) in [6.45, 7) is 1.28. The number of carbonyl (C=O) groups excluding carboxylic acids is 2. The fraction of sp³-hybridized carbons (Fsp3) is 0.476. The second-order valence-electron chi connectivity index (χ2n) is 8.12. The van der Waals surface area contributed by atoms with Crippen LogP contribution in [0, 0.1) is 5.92 Å². The maximum atomic E-state index is 12.5. The number of hydrazine groups is 1. The van der Waals surface area contributed by atoms with E-state index in [2.05, 4.69) is 15.7 Å². The number of nitrogens with zero attached hydrogens (tertiary/aromatic N) is 3. The van der Waals surface area contributed by atoms with Crippen molar-refractivity contribution in [3.63, 3.8) is 0 Å². The van der Waals surface area contributed by atoms with E-state index in [0.29, 0.717) is 42.5 Å². The van der Waals surface area contributed by atoms with E-state index in [9.17, 15) is 22.8 Å². The highest BCUT2D eigenvalue weighted by Crippen LogP contribution is 2.42. The van der Waals surface area contributed by atoms with Gasteiger partial charge in [0.2, 0.25) is 0 Å². The van der Waals surface area contributed by atoms with Crippen LogP contribution < -0.4 is 10.7 Å². The number of anilines is 1. The highest BCUT2D eigenvalue weighted by molar-refractivity contribution is 6.31. The Morgan fingerprint density at radius 2 is 1.85 bits per heavy atom. The molecule has 1 aliphatic carbocycles. The second-order valence-corrected chi connectivity index (χ2v) is 8.55. The summed E-state index contributed by atoms with van der Waals surface area (Å²) in [5.41, 5.74) is 3.37. The van der Waals surface area contributed by atoms with Crippen LogP contribution in [0.25, 0.3) is 10.9 Å². The average Bonchev–Trinajstić information content (AvgIpc) is 2.72. The van der Waals surface area contributed by atoms with Gasteiger partial charge in [0.1, 0.15) is 12.4 Å². The SMILES string of the molecule is O=C(COC1CC(C(F)(F)F)C1)NN1CCN(C(=O)Nc2ccc3cc(Cl)ccc3n2)CC1. The lowest BCUT2D eigenvalue weighted by Gasteiger charge is -2.36. The zero-order chi connectivity index (χ0) is 23.6. The molecule has 33 heavy (non-hydrogen) atoms. The Bertz CT molecular complexity index is 1020. The van der Waals surface area contributed by atoms with E-state index >= 15 is 0 Å². The van der Waals surface area contributed by atoms with Gasteiger partial charge in [-0.05, 0) is 43.2 Å². The van der Waals surface area contributed by atoms with E-state index in [1.54, 1.807) is 34.2 Å². The van der Waals surface area contributed by atoms with Gasteiger partial charge in [-0.2, -0.15) is 13.2 Å². The largest absolute Gasteiger partial charge is 0.392 e. The molecule has 0 spiro atoms. The first-order chi connectivity index (χ1) is 15.7. The first-order valence-corrected chi connectivity index (χ1v) is 10.9. The van der Waals surface area contributed by atoms with E-state index < -0.39 is 24.1 Å². The van der Waals surface area contributed by atoms with Crippen LogP contribution in [-0.4, -0.2) is 71.9 Å². The van der Waals surface area contributed by atoms with Crippen LogP contribution in [0.3, 0.4) is 0 Å². The Morgan fingerprint density at radius 3 is 2.55 bits per heavy atom. The van der Waals surface area contributed by atoms with E-state index in [1.165, 1.54) is 0 Å². The number of carbonyl (C=O) groups is 2. The molecule has 1 aromatic carbocycles. The minimum Gasteiger partial charge on any atom is -0.368 e. The Hall–Kier alpha value is -2.63. The Labute approximate surface area is 193 Å². The van der Waals surface area contributed by atoms with Crippen molar-refractivity contribution < 1.29 is 27.5 Å². The molecule has 0 radical (unpaired) electrons. The molecular weight excluding hydrogens is 463 g/mol. The van der Waals surface area contributed by atoms with E-state index in [1.807, 2.05) is 6.07 Å². The van der Waals surface area contributed by atoms with E-state index in [0.717, 1.165) is 5.39 Å². The lowest BCUT2D eigenvalue weighted by molar-refractivity contribution is -0.219. The lowest BCUT2D eigenvalue weighted by Crippen LogP contribution is -2.56. The molecule has 4 rings (SSSR count). The number of hydrogen-bond acceptors (Lipinski definition) is 5. The number of fused-ring (bicyclic) bond motifs is 1. The number of rotatable bonds is 5. The molecule has 2 N–H and O–H groups in total. The van der Waals surface area contributed by atoms with Gasteiger partial charge in [0, 0.05) is 36.6 Å². The first-order valence-electron chi connectivity index (χ1n) is 10.5. The van der Waals surface area contributed by atoms with Gasteiger partial charge in [0.05, 0.1) is 17.5 Å². The van der Waals surface area contributed by atoms with Crippen molar-refractivity contribution in [1.29, 1.82) is 0 Å². The van der Waals surface area contributed by atoms with Crippen LogP contribution in [0.15, 0.2) is 30.3 Å². The number of hydrogen-bond donors (Lipinski definition) is 2. The van der Waals surface area contributed by atoms with Gasteiger partial charge in [0.15, 0.2) is 0 Å². The number of amides is 3. The Balaban J connectivity index is 1.17. The molecule has 2 heterocycles. The van der Waals surface area contributed by atoms with Gasteiger partial charge in [-0.25, -0.2) is 14.8 Å². The van der Waals surface area contributed by atoms with Gasteiger partial charge in [-0.15, -0.1) is 0 Å². The van der Waals surface area contributed by atoms with E-state index in [-0.39, 0.29) is 25.5 Å². The number of benzene rings is 1. The molecule has 1 saturated carbocycles. The summed E-state index contributed by atoms with van der Waals surface area (Å²) in [7, 11) is 0. The third-order valence-electron chi connectivity index (χ3n) is 5.74. The van der Waals surface area contributed by atoms with Gasteiger partial charge in [0.25, 0.3) is 5.91 Å². The molecule has 1 saturated heterocycles. The van der Waals surface area contributed by atoms with Crippen molar-refractivity contribution in [1.82, 2.24) is 20.3 Å². The summed E-state index contributed by atoms with van der Waals surface area (Å²) in [5, 5.41) is 5.90. The van der Waals surface area contributed by atoms with Crippen molar-refractivity contribution in [2.75, 3.05) is 38.1 Å². The summed E-state index contributed by atoms with van der Waals surface area (Å²) >= 11 is 5.97. The summed E-state index contributed by atoms with van der Waals surface area (Å²) in [6, 6.07) is 8.52. The molecule has 3 amide bonds. The maximum absolute atomic E-state index is 12.5. The molecule has 178 valence electrons. The second kappa shape index (κ2) is 9.70. The van der Waals surface area contributed by atoms with Crippen LogP contribution in [-0.2, 0) is 9.53 Å². The third kappa shape index (κ3) is 6.04. The molecule has 2 fully saturated rings. The van der Waals surface area contributed by atoms with Crippen LogP contribution in [0.2, 0.25) is 5.02 Å². The highest BCUT2D eigenvalue weighted by atomic mass is 35.5. The van der Waals surface area contributed by atoms with Gasteiger partial charge in [-0.1, -0.05) is 11.6 Å². The summed E-state index contributed by atoms with van der Waals surface area (Å²) in [5.74, 6) is -1.34. The van der Waals surface area contributed by atoms with Crippen LogP contribution in [0.4, 0.5) is 23.8 Å². The zero-order valence-electron chi connectivity index (χ0n) is 17.6. The Morgan fingerprint density at radius 1 is 1.12 bits per heavy atom. The lowest BCUT2D eigenvalue weighted by atomic mass is 9.82. The van der Waals surface area contributed by atoms with Crippen LogP contribution >= 0.6 is 11.6 Å². The average molecular weight is 486 g/mol. The predicted molar refractivity (Wildman–Crippen MR) is 116 cm³/mol.